The Hall–Kier alpha value is -2.83. The van der Waals surface area contributed by atoms with E-state index in [1.165, 1.54) is 4.90 Å². The summed E-state index contributed by atoms with van der Waals surface area (Å²) in [6, 6.07) is 13.0. The molecule has 1 unspecified atom stereocenters. The van der Waals surface area contributed by atoms with E-state index >= 15 is 0 Å². The lowest BCUT2D eigenvalue weighted by Crippen LogP contribution is -3.11. The van der Waals surface area contributed by atoms with Crippen molar-refractivity contribution < 1.29 is 24.3 Å². The highest BCUT2D eigenvalue weighted by Crippen LogP contribution is 2.39. The number of likely N-dealkylation sites (tertiary alicyclic amines) is 1. The summed E-state index contributed by atoms with van der Waals surface area (Å²) in [6.45, 7) is 10.1. The van der Waals surface area contributed by atoms with Crippen molar-refractivity contribution >= 4 is 29.1 Å². The minimum absolute atomic E-state index is 0.0184. The summed E-state index contributed by atoms with van der Waals surface area (Å²) in [5.41, 5.74) is 1.01. The van der Waals surface area contributed by atoms with E-state index in [4.69, 9.17) is 16.3 Å². The van der Waals surface area contributed by atoms with Crippen LogP contribution in [-0.4, -0.2) is 49.4 Å². The first kappa shape index (κ1) is 25.8. The first-order chi connectivity index (χ1) is 16.4. The summed E-state index contributed by atoms with van der Waals surface area (Å²) in [5.74, 6) is -1.16. The predicted molar refractivity (Wildman–Crippen MR) is 132 cm³/mol. The molecule has 1 aliphatic rings. The zero-order chi connectivity index (χ0) is 24.7. The smallest absolute Gasteiger partial charge is 0.295 e. The fourth-order valence-corrected chi connectivity index (χ4v) is 4.43. The average Bonchev–Trinajstić information content (AvgIpc) is 3.10. The molecule has 0 spiro atoms. The maximum absolute atomic E-state index is 13.5. The highest BCUT2D eigenvalue weighted by Gasteiger charge is 2.44. The summed E-state index contributed by atoms with van der Waals surface area (Å²) >= 11 is 5.98. The number of ketones is 1. The van der Waals surface area contributed by atoms with Crippen LogP contribution in [0.1, 0.15) is 50.8 Å². The molecule has 3 rings (SSSR count). The number of hydrogen-bond donors (Lipinski definition) is 1. The van der Waals surface area contributed by atoms with Gasteiger partial charge in [0.2, 0.25) is 5.78 Å². The Balaban J connectivity index is 2.03. The molecule has 6 nitrogen and oxygen atoms in total. The number of amides is 1. The van der Waals surface area contributed by atoms with Crippen LogP contribution < -0.4 is 14.7 Å². The summed E-state index contributed by atoms with van der Waals surface area (Å²) in [5, 5.41) is 14.0. The van der Waals surface area contributed by atoms with E-state index in [1.54, 1.807) is 29.2 Å². The third-order valence-corrected chi connectivity index (χ3v) is 6.46. The SMILES string of the molecule is CCCOc1cccc(C2C(=C([O-])c3ccc(Cl)cc3)C(=O)C(=O)N2CCC[NH+](CC)CC)c1. The van der Waals surface area contributed by atoms with Crippen molar-refractivity contribution in [2.45, 2.75) is 39.7 Å². The number of carbonyl (C=O) groups excluding carboxylic acids is 2. The van der Waals surface area contributed by atoms with E-state index in [-0.39, 0.29) is 5.57 Å². The van der Waals surface area contributed by atoms with Gasteiger partial charge in [-0.3, -0.25) is 9.59 Å². The van der Waals surface area contributed by atoms with Gasteiger partial charge >= 0.3 is 0 Å². The molecule has 34 heavy (non-hydrogen) atoms. The van der Waals surface area contributed by atoms with Gasteiger partial charge in [-0.1, -0.05) is 48.5 Å². The molecule has 0 bridgehead atoms. The molecule has 0 radical (unpaired) electrons. The van der Waals surface area contributed by atoms with Gasteiger partial charge < -0.3 is 19.6 Å². The topological polar surface area (TPSA) is 74.1 Å². The van der Waals surface area contributed by atoms with E-state index in [1.807, 2.05) is 31.2 Å². The number of nitrogens with one attached hydrogen (secondary N) is 1. The number of hydrogen-bond acceptors (Lipinski definition) is 4. The van der Waals surface area contributed by atoms with E-state index in [2.05, 4.69) is 13.8 Å². The molecule has 1 heterocycles. The molecule has 1 N–H and O–H groups in total. The van der Waals surface area contributed by atoms with Gasteiger partial charge in [-0.25, -0.2) is 0 Å². The second-order valence-corrected chi connectivity index (χ2v) is 8.90. The molecular weight excluding hydrogens is 452 g/mol. The maximum Gasteiger partial charge on any atom is 0.295 e. The van der Waals surface area contributed by atoms with Crippen LogP contribution in [0.4, 0.5) is 0 Å². The lowest BCUT2D eigenvalue weighted by atomic mass is 9.95. The summed E-state index contributed by atoms with van der Waals surface area (Å²) in [7, 11) is 0. The molecule has 0 saturated carbocycles. The fourth-order valence-electron chi connectivity index (χ4n) is 4.30. The van der Waals surface area contributed by atoms with Gasteiger partial charge in [-0.05, 0) is 55.7 Å². The molecule has 2 aromatic rings. The zero-order valence-corrected chi connectivity index (χ0v) is 20.9. The standard InChI is InChI=1S/C27H33ClN2O4/c1-4-17-34-22-10-7-9-20(18-22)24-23(25(31)19-11-13-21(28)14-12-19)26(32)27(33)30(24)16-8-15-29(5-2)6-3/h7,9-14,18,24,31H,4-6,8,15-17H2,1-3H3. The number of Topliss-reactive ketones (excluding diaryl/α,β-unsaturated/α-hetero) is 1. The lowest BCUT2D eigenvalue weighted by molar-refractivity contribution is -0.896. The third kappa shape index (κ3) is 5.80. The highest BCUT2D eigenvalue weighted by atomic mass is 35.5. The third-order valence-electron chi connectivity index (χ3n) is 6.21. The highest BCUT2D eigenvalue weighted by molar-refractivity contribution is 6.46. The van der Waals surface area contributed by atoms with Gasteiger partial charge in [0.05, 0.1) is 32.3 Å². The Morgan fingerprint density at radius 1 is 1.09 bits per heavy atom. The molecule has 1 fully saturated rings. The van der Waals surface area contributed by atoms with Crippen LogP contribution in [0.5, 0.6) is 5.75 Å². The summed E-state index contributed by atoms with van der Waals surface area (Å²) in [4.78, 5) is 29.2. The Kier molecular flexibility index (Phi) is 9.13. The van der Waals surface area contributed by atoms with Crippen LogP contribution >= 0.6 is 11.6 Å². The Morgan fingerprint density at radius 3 is 2.44 bits per heavy atom. The molecule has 1 atom stereocenters. The molecule has 7 heteroatoms. The van der Waals surface area contributed by atoms with Crippen LogP contribution in [0.25, 0.3) is 5.76 Å². The Morgan fingerprint density at radius 2 is 1.79 bits per heavy atom. The summed E-state index contributed by atoms with van der Waals surface area (Å²) < 4.78 is 5.78. The average molecular weight is 485 g/mol. The fraction of sp³-hybridized carbons (Fsp3) is 0.407. The number of ether oxygens (including phenoxy) is 1. The van der Waals surface area contributed by atoms with Crippen molar-refractivity contribution in [2.75, 3.05) is 32.8 Å². The number of rotatable bonds is 11. The van der Waals surface area contributed by atoms with Crippen molar-refractivity contribution in [3.8, 4) is 5.75 Å². The maximum atomic E-state index is 13.5. The van der Waals surface area contributed by atoms with Gasteiger partial charge in [-0.15, -0.1) is 0 Å². The lowest BCUT2D eigenvalue weighted by Gasteiger charge is -2.28. The van der Waals surface area contributed by atoms with Gasteiger partial charge in [0, 0.05) is 23.6 Å². The molecule has 0 aromatic heterocycles. The minimum atomic E-state index is -0.750. The Labute approximate surface area is 206 Å². The number of benzene rings is 2. The molecule has 1 aliphatic heterocycles. The van der Waals surface area contributed by atoms with E-state index in [9.17, 15) is 14.7 Å². The van der Waals surface area contributed by atoms with Crippen molar-refractivity contribution in [3.05, 3.63) is 70.3 Å². The van der Waals surface area contributed by atoms with E-state index in [0.29, 0.717) is 35.1 Å². The monoisotopic (exact) mass is 484 g/mol. The molecule has 0 aliphatic carbocycles. The molecule has 2 aromatic carbocycles. The van der Waals surface area contributed by atoms with Crippen LogP contribution in [0.2, 0.25) is 5.02 Å². The second-order valence-electron chi connectivity index (χ2n) is 8.46. The van der Waals surface area contributed by atoms with Crippen molar-refractivity contribution in [3.63, 3.8) is 0 Å². The van der Waals surface area contributed by atoms with Crippen LogP contribution in [-0.2, 0) is 9.59 Å². The first-order valence-electron chi connectivity index (χ1n) is 12.0. The van der Waals surface area contributed by atoms with Crippen LogP contribution in [0, 0.1) is 0 Å². The van der Waals surface area contributed by atoms with Gasteiger partial charge in [0.1, 0.15) is 5.75 Å². The van der Waals surface area contributed by atoms with Gasteiger partial charge in [0.15, 0.2) is 0 Å². The van der Waals surface area contributed by atoms with Crippen molar-refractivity contribution in [1.82, 2.24) is 4.90 Å². The number of halogens is 1. The largest absolute Gasteiger partial charge is 0.872 e. The van der Waals surface area contributed by atoms with Crippen LogP contribution in [0.3, 0.4) is 0 Å². The first-order valence-corrected chi connectivity index (χ1v) is 12.4. The second kappa shape index (κ2) is 12.0. The van der Waals surface area contributed by atoms with Crippen molar-refractivity contribution in [1.29, 1.82) is 0 Å². The molecule has 182 valence electrons. The number of carbonyl (C=O) groups is 2. The van der Waals surface area contributed by atoms with Crippen LogP contribution in [0.15, 0.2) is 54.1 Å². The molecular formula is C27H33ClN2O4. The predicted octanol–water partition coefficient (Wildman–Crippen LogP) is 2.67. The quantitative estimate of drug-likeness (QED) is 0.302. The van der Waals surface area contributed by atoms with Gasteiger partial charge in [0.25, 0.3) is 5.91 Å². The normalized spacial score (nSPS) is 17.6. The summed E-state index contributed by atoms with van der Waals surface area (Å²) in [6.07, 6.45) is 1.60. The zero-order valence-electron chi connectivity index (χ0n) is 20.1. The molecule has 1 amide bonds. The van der Waals surface area contributed by atoms with Gasteiger partial charge in [-0.2, -0.15) is 0 Å². The van der Waals surface area contributed by atoms with Crippen molar-refractivity contribution in [2.24, 2.45) is 0 Å². The van der Waals surface area contributed by atoms with E-state index in [0.717, 1.165) is 32.5 Å². The Bertz CT molecular complexity index is 1030. The number of nitrogens with zero attached hydrogens (tertiary/aromatic N) is 1. The van der Waals surface area contributed by atoms with E-state index < -0.39 is 23.5 Å². The molecule has 1 saturated heterocycles. The number of quaternary nitrogens is 1. The minimum Gasteiger partial charge on any atom is -0.872 e.